The predicted octanol–water partition coefficient (Wildman–Crippen LogP) is 2.21. The first kappa shape index (κ1) is 14.6. The second kappa shape index (κ2) is 5.60. The highest BCUT2D eigenvalue weighted by atomic mass is 35.5. The van der Waals surface area contributed by atoms with Crippen LogP contribution in [0.1, 0.15) is 16.8 Å². The van der Waals surface area contributed by atoms with Gasteiger partial charge in [-0.1, -0.05) is 0 Å². The van der Waals surface area contributed by atoms with Crippen molar-refractivity contribution in [3.05, 3.63) is 30.1 Å². The Hall–Kier alpha value is -1.43. The van der Waals surface area contributed by atoms with Crippen molar-refractivity contribution in [1.29, 1.82) is 0 Å². The van der Waals surface area contributed by atoms with Crippen LogP contribution in [-0.2, 0) is 4.79 Å². The van der Waals surface area contributed by atoms with Crippen LogP contribution in [0.25, 0.3) is 0 Å². The average molecular weight is 254 g/mol. The van der Waals surface area contributed by atoms with E-state index in [1.54, 1.807) is 0 Å². The highest BCUT2D eigenvalue weighted by molar-refractivity contribution is 6.09. The van der Waals surface area contributed by atoms with Gasteiger partial charge in [0.15, 0.2) is 5.78 Å². The maximum atomic E-state index is 11.8. The number of ketones is 2. The number of aromatic nitrogens is 1. The van der Waals surface area contributed by atoms with E-state index in [1.165, 1.54) is 18.3 Å². The van der Waals surface area contributed by atoms with Crippen molar-refractivity contribution >= 4 is 24.0 Å². The Bertz CT molecular complexity index is 378. The summed E-state index contributed by atoms with van der Waals surface area (Å²) >= 11 is 0. The molecule has 0 radical (unpaired) electrons. The fourth-order valence-electron chi connectivity index (χ4n) is 0.876. The third-order valence-corrected chi connectivity index (χ3v) is 1.62. The van der Waals surface area contributed by atoms with Gasteiger partial charge >= 0.3 is 6.18 Å². The molecule has 0 fully saturated rings. The number of halogens is 4. The van der Waals surface area contributed by atoms with Gasteiger partial charge in [-0.2, -0.15) is 13.2 Å². The number of carbonyl (C=O) groups excluding carboxylic acids is 2. The molecule has 0 atom stereocenters. The average Bonchev–Trinajstić information content (AvgIpc) is 2.17. The van der Waals surface area contributed by atoms with Gasteiger partial charge in [0, 0.05) is 18.0 Å². The molecule has 0 N–H and O–H groups in total. The third kappa shape index (κ3) is 3.98. The molecule has 0 unspecified atom stereocenters. The molecular formula is C9H7ClF3NO2. The lowest BCUT2D eigenvalue weighted by Gasteiger charge is -2.03. The van der Waals surface area contributed by atoms with E-state index in [-0.39, 0.29) is 18.0 Å². The Balaban J connectivity index is 0.00000225. The smallest absolute Gasteiger partial charge is 0.294 e. The fourth-order valence-corrected chi connectivity index (χ4v) is 0.876. The standard InChI is InChI=1S/C9H6F3NO2.ClH/c10-9(11,12)8(15)4-7(14)6-2-1-3-13-5-6;/h1-3,5H,4H2;1H. The van der Waals surface area contributed by atoms with Crippen molar-refractivity contribution in [2.24, 2.45) is 0 Å². The van der Waals surface area contributed by atoms with Crippen molar-refractivity contribution in [2.45, 2.75) is 12.6 Å². The third-order valence-electron chi connectivity index (χ3n) is 1.62. The zero-order valence-electron chi connectivity index (χ0n) is 7.82. The van der Waals surface area contributed by atoms with E-state index < -0.39 is 24.2 Å². The number of nitrogens with zero attached hydrogens (tertiary/aromatic N) is 1. The van der Waals surface area contributed by atoms with E-state index in [1.807, 2.05) is 0 Å². The summed E-state index contributed by atoms with van der Waals surface area (Å²) in [6.45, 7) is 0. The van der Waals surface area contributed by atoms with Crippen molar-refractivity contribution < 1.29 is 22.8 Å². The SMILES string of the molecule is Cl.O=C(CC(=O)C(F)(F)F)c1cccnc1. The lowest BCUT2D eigenvalue weighted by molar-refractivity contribution is -0.170. The van der Waals surface area contributed by atoms with Gasteiger partial charge in [-0.3, -0.25) is 14.6 Å². The van der Waals surface area contributed by atoms with Gasteiger partial charge in [0.05, 0.1) is 6.42 Å². The summed E-state index contributed by atoms with van der Waals surface area (Å²) in [6, 6.07) is 2.71. The van der Waals surface area contributed by atoms with E-state index in [0.717, 1.165) is 6.20 Å². The topological polar surface area (TPSA) is 47.0 Å². The first-order valence-corrected chi connectivity index (χ1v) is 3.94. The summed E-state index contributed by atoms with van der Waals surface area (Å²) in [4.78, 5) is 25.2. The lowest BCUT2D eigenvalue weighted by atomic mass is 10.1. The van der Waals surface area contributed by atoms with Crippen molar-refractivity contribution in [3.8, 4) is 0 Å². The lowest BCUT2D eigenvalue weighted by Crippen LogP contribution is -2.25. The predicted molar refractivity (Wildman–Crippen MR) is 51.5 cm³/mol. The maximum Gasteiger partial charge on any atom is 0.450 e. The van der Waals surface area contributed by atoms with Gasteiger partial charge in [-0.15, -0.1) is 12.4 Å². The van der Waals surface area contributed by atoms with Crippen LogP contribution in [0, 0.1) is 0 Å². The highest BCUT2D eigenvalue weighted by Crippen LogP contribution is 2.18. The Kier molecular flexibility index (Phi) is 5.10. The maximum absolute atomic E-state index is 11.8. The minimum Gasteiger partial charge on any atom is -0.294 e. The molecule has 0 saturated carbocycles. The summed E-state index contributed by atoms with van der Waals surface area (Å²) in [5.41, 5.74) is -0.00454. The van der Waals surface area contributed by atoms with Crippen LogP contribution in [0.2, 0.25) is 0 Å². The zero-order valence-corrected chi connectivity index (χ0v) is 8.64. The summed E-state index contributed by atoms with van der Waals surface area (Å²) < 4.78 is 35.4. The number of carbonyl (C=O) groups is 2. The van der Waals surface area contributed by atoms with Crippen molar-refractivity contribution in [1.82, 2.24) is 4.98 Å². The summed E-state index contributed by atoms with van der Waals surface area (Å²) in [6.07, 6.45) is -3.64. The molecule has 0 aliphatic heterocycles. The minimum atomic E-state index is -4.96. The second-order valence-electron chi connectivity index (χ2n) is 2.76. The van der Waals surface area contributed by atoms with E-state index in [2.05, 4.69) is 4.98 Å². The van der Waals surface area contributed by atoms with Gasteiger partial charge in [-0.25, -0.2) is 0 Å². The van der Waals surface area contributed by atoms with Crippen LogP contribution in [0.3, 0.4) is 0 Å². The Morgan fingerprint density at radius 3 is 2.38 bits per heavy atom. The van der Waals surface area contributed by atoms with E-state index in [4.69, 9.17) is 0 Å². The summed E-state index contributed by atoms with van der Waals surface area (Å²) in [5, 5.41) is 0. The molecule has 1 aromatic heterocycles. The minimum absolute atomic E-state index is 0. The number of pyridine rings is 1. The molecule has 1 aromatic rings. The monoisotopic (exact) mass is 253 g/mol. The molecule has 0 aliphatic carbocycles. The molecule has 1 rings (SSSR count). The van der Waals surface area contributed by atoms with Crippen LogP contribution in [0.4, 0.5) is 13.2 Å². The Labute approximate surface area is 95.1 Å². The Morgan fingerprint density at radius 2 is 1.94 bits per heavy atom. The number of hydrogen-bond donors (Lipinski definition) is 0. The number of rotatable bonds is 3. The van der Waals surface area contributed by atoms with Crippen LogP contribution >= 0.6 is 12.4 Å². The molecular weight excluding hydrogens is 247 g/mol. The molecule has 0 aromatic carbocycles. The molecule has 0 aliphatic rings. The Morgan fingerprint density at radius 1 is 1.31 bits per heavy atom. The van der Waals surface area contributed by atoms with Crippen LogP contribution in [-0.4, -0.2) is 22.7 Å². The molecule has 0 amide bonds. The van der Waals surface area contributed by atoms with Gasteiger partial charge in [0.1, 0.15) is 0 Å². The zero-order chi connectivity index (χ0) is 11.5. The van der Waals surface area contributed by atoms with E-state index in [0.29, 0.717) is 0 Å². The normalized spacial score (nSPS) is 10.4. The van der Waals surface area contributed by atoms with Crippen LogP contribution in [0.15, 0.2) is 24.5 Å². The van der Waals surface area contributed by atoms with E-state index >= 15 is 0 Å². The van der Waals surface area contributed by atoms with Gasteiger partial charge in [0.2, 0.25) is 5.78 Å². The van der Waals surface area contributed by atoms with Crippen molar-refractivity contribution in [3.63, 3.8) is 0 Å². The fraction of sp³-hybridized carbons (Fsp3) is 0.222. The summed E-state index contributed by atoms with van der Waals surface area (Å²) in [7, 11) is 0. The number of Topliss-reactive ketones (excluding diaryl/α,β-unsaturated/α-hetero) is 2. The number of alkyl halides is 3. The number of hydrogen-bond acceptors (Lipinski definition) is 3. The second-order valence-corrected chi connectivity index (χ2v) is 2.76. The highest BCUT2D eigenvalue weighted by Gasteiger charge is 2.39. The van der Waals surface area contributed by atoms with Gasteiger partial charge in [-0.05, 0) is 12.1 Å². The molecule has 0 saturated heterocycles. The molecule has 0 bridgehead atoms. The first-order valence-electron chi connectivity index (χ1n) is 3.94. The molecule has 16 heavy (non-hydrogen) atoms. The molecule has 88 valence electrons. The molecule has 1 heterocycles. The van der Waals surface area contributed by atoms with Gasteiger partial charge in [0.25, 0.3) is 0 Å². The molecule has 0 spiro atoms. The van der Waals surface area contributed by atoms with Crippen molar-refractivity contribution in [2.75, 3.05) is 0 Å². The first-order chi connectivity index (χ1) is 6.91. The van der Waals surface area contributed by atoms with Gasteiger partial charge < -0.3 is 0 Å². The molecule has 3 nitrogen and oxygen atoms in total. The molecule has 7 heteroatoms. The van der Waals surface area contributed by atoms with Crippen LogP contribution < -0.4 is 0 Å². The van der Waals surface area contributed by atoms with E-state index in [9.17, 15) is 22.8 Å². The summed E-state index contributed by atoms with van der Waals surface area (Å²) in [5.74, 6) is -2.93. The quantitative estimate of drug-likeness (QED) is 0.613. The largest absolute Gasteiger partial charge is 0.450 e. The van der Waals surface area contributed by atoms with Crippen LogP contribution in [0.5, 0.6) is 0 Å².